The molecule has 1 N–H and O–H groups in total. The van der Waals surface area contributed by atoms with E-state index in [-0.39, 0.29) is 6.23 Å². The summed E-state index contributed by atoms with van der Waals surface area (Å²) in [6.07, 6.45) is -0.288. The molecule has 0 fully saturated rings. The molecule has 1 aliphatic rings. The van der Waals surface area contributed by atoms with Crippen molar-refractivity contribution in [1.29, 1.82) is 0 Å². The van der Waals surface area contributed by atoms with Crippen molar-refractivity contribution in [2.75, 3.05) is 5.32 Å². The highest BCUT2D eigenvalue weighted by molar-refractivity contribution is 6.18. The topological polar surface area (TPSA) is 59.9 Å². The first-order chi connectivity index (χ1) is 28.2. The lowest BCUT2D eigenvalue weighted by Crippen LogP contribution is -2.09. The van der Waals surface area contributed by atoms with Gasteiger partial charge in [0.05, 0.1) is 28.3 Å². The van der Waals surface area contributed by atoms with E-state index in [1.54, 1.807) is 0 Å². The zero-order chi connectivity index (χ0) is 37.7. The van der Waals surface area contributed by atoms with Crippen molar-refractivity contribution >= 4 is 38.1 Å². The lowest BCUT2D eigenvalue weighted by Gasteiger charge is -2.15. The zero-order valence-corrected chi connectivity index (χ0v) is 30.8. The number of anilines is 1. The summed E-state index contributed by atoms with van der Waals surface area (Å²) in [7, 11) is 0. The van der Waals surface area contributed by atoms with Crippen LogP contribution in [-0.2, 0) is 0 Å². The number of nitrogens with zero attached hydrogens (tertiary/aromatic N) is 3. The summed E-state index contributed by atoms with van der Waals surface area (Å²) in [5.41, 5.74) is 11.9. The Morgan fingerprint density at radius 3 is 1.75 bits per heavy atom. The highest BCUT2D eigenvalue weighted by Gasteiger charge is 2.27. The average molecular weight is 731 g/mol. The fraction of sp³-hybridized carbons (Fsp3) is 0.0192. The van der Waals surface area contributed by atoms with E-state index >= 15 is 0 Å². The van der Waals surface area contributed by atoms with Gasteiger partial charge in [-0.25, -0.2) is 15.0 Å². The molecule has 0 saturated carbocycles. The number of rotatable bonds is 6. The molecule has 0 spiro atoms. The van der Waals surface area contributed by atoms with Gasteiger partial charge in [0.2, 0.25) is 0 Å². The Kier molecular flexibility index (Phi) is 7.81. The summed E-state index contributed by atoms with van der Waals surface area (Å²) in [5, 5.41) is 9.39. The predicted molar refractivity (Wildman–Crippen MR) is 233 cm³/mol. The van der Waals surface area contributed by atoms with Crippen LogP contribution in [0.5, 0.6) is 5.75 Å². The molecule has 2 aromatic heterocycles. The number of benzene rings is 8. The maximum absolute atomic E-state index is 6.53. The summed E-state index contributed by atoms with van der Waals surface area (Å²) in [4.78, 5) is 15.5. The fourth-order valence-electron chi connectivity index (χ4n) is 8.02. The van der Waals surface area contributed by atoms with Gasteiger partial charge in [0.25, 0.3) is 0 Å². The van der Waals surface area contributed by atoms with Crippen molar-refractivity contribution < 1.29 is 4.74 Å². The van der Waals surface area contributed by atoms with E-state index < -0.39 is 0 Å². The summed E-state index contributed by atoms with van der Waals surface area (Å²) in [5.74, 6) is 1.52. The van der Waals surface area contributed by atoms with E-state index in [0.29, 0.717) is 5.82 Å². The van der Waals surface area contributed by atoms with Crippen molar-refractivity contribution in [3.05, 3.63) is 200 Å². The molecule has 0 radical (unpaired) electrons. The molecule has 5 heteroatoms. The van der Waals surface area contributed by atoms with Gasteiger partial charge in [-0.05, 0) is 52.2 Å². The Bertz CT molecular complexity index is 3060. The van der Waals surface area contributed by atoms with Crippen LogP contribution < -0.4 is 10.1 Å². The van der Waals surface area contributed by atoms with Crippen LogP contribution in [0.4, 0.5) is 5.69 Å². The molecule has 10 aromatic rings. The van der Waals surface area contributed by atoms with Gasteiger partial charge in [-0.3, -0.25) is 0 Å². The van der Waals surface area contributed by atoms with E-state index in [0.717, 1.165) is 89.1 Å². The van der Waals surface area contributed by atoms with Crippen LogP contribution in [0, 0.1) is 0 Å². The number of ether oxygens (including phenoxy) is 1. The van der Waals surface area contributed by atoms with E-state index in [2.05, 4.69) is 145 Å². The third-order valence-corrected chi connectivity index (χ3v) is 10.9. The Morgan fingerprint density at radius 2 is 1.00 bits per heavy atom. The van der Waals surface area contributed by atoms with Crippen LogP contribution in [0.1, 0.15) is 11.8 Å². The zero-order valence-electron chi connectivity index (χ0n) is 30.8. The number of hydrogen-bond donors (Lipinski definition) is 1. The van der Waals surface area contributed by atoms with Crippen molar-refractivity contribution in [2.24, 2.45) is 0 Å². The van der Waals surface area contributed by atoms with E-state index in [4.69, 9.17) is 19.7 Å². The standard InChI is InChI=1S/C52H34N4O/c1-4-13-34(14-5-1)44-32-45(55-51(54-44)37-15-6-2-7-16-37)35-21-23-36(24-22-35)49-43-28-29-47-50(56-52(57-47)38-17-8-3-9-18-38)48(43)42-27-26-41(31-46(42)53-49)40-25-20-33-12-10-11-19-39(33)30-40/h1-32,52,56H. The average Bonchev–Trinajstić information content (AvgIpc) is 3.74. The molecule has 1 aliphatic heterocycles. The monoisotopic (exact) mass is 730 g/mol. The number of hydrogen-bond acceptors (Lipinski definition) is 5. The van der Waals surface area contributed by atoms with Crippen molar-refractivity contribution in [1.82, 2.24) is 15.0 Å². The molecule has 0 aliphatic carbocycles. The molecule has 0 amide bonds. The molecule has 0 bridgehead atoms. The minimum atomic E-state index is -0.288. The highest BCUT2D eigenvalue weighted by Crippen LogP contribution is 2.47. The number of aromatic nitrogens is 3. The number of pyridine rings is 1. The third kappa shape index (κ3) is 5.94. The molecule has 268 valence electrons. The maximum atomic E-state index is 6.53. The van der Waals surface area contributed by atoms with Crippen LogP contribution in [0.2, 0.25) is 0 Å². The molecule has 8 aromatic carbocycles. The molecule has 3 heterocycles. The second-order valence-corrected chi connectivity index (χ2v) is 14.4. The maximum Gasteiger partial charge on any atom is 0.196 e. The van der Waals surface area contributed by atoms with Gasteiger partial charge >= 0.3 is 0 Å². The number of nitrogens with one attached hydrogen (secondary N) is 1. The third-order valence-electron chi connectivity index (χ3n) is 10.9. The highest BCUT2D eigenvalue weighted by atomic mass is 16.5. The Hall–Kier alpha value is -7.63. The molecule has 5 nitrogen and oxygen atoms in total. The van der Waals surface area contributed by atoms with Crippen molar-refractivity contribution in [3.63, 3.8) is 0 Å². The minimum absolute atomic E-state index is 0.288. The second kappa shape index (κ2) is 13.6. The van der Waals surface area contributed by atoms with Gasteiger partial charge < -0.3 is 10.1 Å². The predicted octanol–water partition coefficient (Wildman–Crippen LogP) is 13.2. The first kappa shape index (κ1) is 32.8. The Morgan fingerprint density at radius 1 is 0.421 bits per heavy atom. The second-order valence-electron chi connectivity index (χ2n) is 14.4. The van der Waals surface area contributed by atoms with Crippen LogP contribution >= 0.6 is 0 Å². The molecule has 0 saturated heterocycles. The molecule has 1 atom stereocenters. The van der Waals surface area contributed by atoms with Gasteiger partial charge in [0.15, 0.2) is 12.1 Å². The normalized spacial score (nSPS) is 13.4. The van der Waals surface area contributed by atoms with Crippen LogP contribution in [0.15, 0.2) is 194 Å². The van der Waals surface area contributed by atoms with Gasteiger partial charge in [0.1, 0.15) is 5.75 Å². The molecule has 11 rings (SSSR count). The number of fused-ring (bicyclic) bond motifs is 6. The van der Waals surface area contributed by atoms with E-state index in [1.165, 1.54) is 10.8 Å². The molecular weight excluding hydrogens is 697 g/mol. The van der Waals surface area contributed by atoms with E-state index in [1.807, 2.05) is 54.6 Å². The quantitative estimate of drug-likeness (QED) is 0.173. The first-order valence-corrected chi connectivity index (χ1v) is 19.2. The van der Waals surface area contributed by atoms with Crippen LogP contribution in [-0.4, -0.2) is 15.0 Å². The van der Waals surface area contributed by atoms with Crippen LogP contribution in [0.25, 0.3) is 88.7 Å². The smallest absolute Gasteiger partial charge is 0.196 e. The molecule has 1 unspecified atom stereocenters. The van der Waals surface area contributed by atoms with E-state index in [9.17, 15) is 0 Å². The lowest BCUT2D eigenvalue weighted by molar-refractivity contribution is 0.260. The molecule has 57 heavy (non-hydrogen) atoms. The first-order valence-electron chi connectivity index (χ1n) is 19.2. The van der Waals surface area contributed by atoms with Gasteiger partial charge in [-0.15, -0.1) is 0 Å². The Balaban J connectivity index is 1.06. The largest absolute Gasteiger partial charge is 0.464 e. The molecular formula is C52H34N4O. The fourth-order valence-corrected chi connectivity index (χ4v) is 8.02. The van der Waals surface area contributed by atoms with Crippen molar-refractivity contribution in [2.45, 2.75) is 6.23 Å². The van der Waals surface area contributed by atoms with Crippen LogP contribution in [0.3, 0.4) is 0 Å². The minimum Gasteiger partial charge on any atom is -0.464 e. The van der Waals surface area contributed by atoms with Gasteiger partial charge in [-0.2, -0.15) is 0 Å². The SMILES string of the molecule is c1ccc(-c2cc(-c3ccc(-c4nc5cc(-c6ccc7ccccc7c6)ccc5c5c6c(ccc45)OC(c4ccccc4)N6)cc3)nc(-c3ccccc3)n2)cc1. The van der Waals surface area contributed by atoms with Crippen molar-refractivity contribution in [3.8, 4) is 62.0 Å². The Labute approximate surface area is 330 Å². The summed E-state index contributed by atoms with van der Waals surface area (Å²) >= 11 is 0. The lowest BCUT2D eigenvalue weighted by atomic mass is 9.95. The van der Waals surface area contributed by atoms with Gasteiger partial charge in [0, 0.05) is 44.0 Å². The summed E-state index contributed by atoms with van der Waals surface area (Å²) < 4.78 is 6.53. The van der Waals surface area contributed by atoms with Gasteiger partial charge in [-0.1, -0.05) is 164 Å². The summed E-state index contributed by atoms with van der Waals surface area (Å²) in [6.45, 7) is 0. The summed E-state index contributed by atoms with van der Waals surface area (Å²) in [6, 6.07) is 67.4.